The van der Waals surface area contributed by atoms with Gasteiger partial charge in [0.25, 0.3) is 0 Å². The predicted molar refractivity (Wildman–Crippen MR) is 84.8 cm³/mol. The first-order valence-electron chi connectivity index (χ1n) is 6.89. The molecule has 4 atom stereocenters. The first-order chi connectivity index (χ1) is 11.8. The van der Waals surface area contributed by atoms with E-state index in [9.17, 15) is 10.2 Å². The largest absolute Gasteiger partial charge is 0.468 e. The summed E-state index contributed by atoms with van der Waals surface area (Å²) in [6.45, 7) is -0.430. The van der Waals surface area contributed by atoms with Crippen molar-refractivity contribution in [2.75, 3.05) is 19.5 Å². The van der Waals surface area contributed by atoms with Gasteiger partial charge in [-0.2, -0.15) is 4.98 Å². The summed E-state index contributed by atoms with van der Waals surface area (Å²) < 4.78 is 12.0. The van der Waals surface area contributed by atoms with Gasteiger partial charge in [0.1, 0.15) is 24.6 Å². The molecule has 13 nitrogen and oxygen atoms in total. The van der Waals surface area contributed by atoms with Gasteiger partial charge in [-0.3, -0.25) is 5.50 Å². The zero-order chi connectivity index (χ0) is 18.7. The Bertz CT molecular complexity index is 713. The zero-order valence-corrected chi connectivity index (χ0v) is 13.9. The van der Waals surface area contributed by atoms with E-state index in [-0.39, 0.29) is 11.8 Å². The fourth-order valence-corrected chi connectivity index (χ4v) is 2.37. The highest BCUT2D eigenvalue weighted by molar-refractivity contribution is 7.42. The molecule has 2 aromatic rings. The molecule has 9 N–H and O–H groups in total. The summed E-state index contributed by atoms with van der Waals surface area (Å²) in [6, 6.07) is 0.104. The summed E-state index contributed by atoms with van der Waals surface area (Å²) in [4.78, 5) is 26.9. The number of nitrogen functional groups attached to an aromatic ring is 1. The van der Waals surface area contributed by atoms with Gasteiger partial charge in [-0.15, -0.1) is 0 Å². The predicted octanol–water partition coefficient (Wildman–Crippen LogP) is -2.81. The van der Waals surface area contributed by atoms with Crippen molar-refractivity contribution in [2.45, 2.75) is 24.5 Å². The van der Waals surface area contributed by atoms with Crippen LogP contribution in [0, 0.1) is 0 Å². The van der Waals surface area contributed by atoms with Crippen LogP contribution in [-0.2, 0) is 4.74 Å². The second-order valence-corrected chi connectivity index (χ2v) is 5.59. The van der Waals surface area contributed by atoms with Crippen LogP contribution in [0.15, 0.2) is 6.33 Å². The van der Waals surface area contributed by atoms with Crippen LogP contribution < -0.4 is 16.0 Å². The third kappa shape index (κ3) is 3.94. The van der Waals surface area contributed by atoms with Crippen molar-refractivity contribution in [1.29, 1.82) is 0 Å². The molecule has 25 heavy (non-hydrogen) atoms. The van der Waals surface area contributed by atoms with Gasteiger partial charge in [-0.25, -0.2) is 14.5 Å². The van der Waals surface area contributed by atoms with Gasteiger partial charge in [0.2, 0.25) is 8.53 Å². The second-order valence-electron chi connectivity index (χ2n) is 4.95. The number of fused-ring (bicyclic) bond motifs is 1. The van der Waals surface area contributed by atoms with Gasteiger partial charge in [0.15, 0.2) is 23.2 Å². The molecule has 3 heterocycles. The fourth-order valence-electron chi connectivity index (χ4n) is 2.37. The molecule has 140 valence electrons. The minimum absolute atomic E-state index is 0.104. The van der Waals surface area contributed by atoms with Crippen molar-refractivity contribution in [2.24, 2.45) is 5.50 Å². The van der Waals surface area contributed by atoms with Gasteiger partial charge < -0.3 is 40.3 Å². The van der Waals surface area contributed by atoms with E-state index >= 15 is 0 Å². The van der Waals surface area contributed by atoms with Gasteiger partial charge in [0, 0.05) is 0 Å². The Morgan fingerprint density at radius 1 is 1.32 bits per heavy atom. The van der Waals surface area contributed by atoms with E-state index in [4.69, 9.17) is 30.1 Å². The SMILES string of the molecule is COc1nc2c(N)ncnc2n1[C@@H]1O[C@H](CO)[C@@H](O)[C@H]1O.NP(O)O. The number of aliphatic hydroxyl groups excluding tert-OH is 3. The van der Waals surface area contributed by atoms with Gasteiger partial charge >= 0.3 is 6.01 Å². The Balaban J connectivity index is 0.000000511. The van der Waals surface area contributed by atoms with E-state index in [1.54, 1.807) is 0 Å². The van der Waals surface area contributed by atoms with E-state index < -0.39 is 39.7 Å². The minimum Gasteiger partial charge on any atom is -0.468 e. The number of nitrogens with zero attached hydrogens (tertiary/aromatic N) is 4. The number of anilines is 1. The lowest BCUT2D eigenvalue weighted by molar-refractivity contribution is -0.0537. The Morgan fingerprint density at radius 3 is 2.48 bits per heavy atom. The number of imidazole rings is 1. The van der Waals surface area contributed by atoms with Crippen LogP contribution in [0.1, 0.15) is 6.23 Å². The summed E-state index contributed by atoms with van der Waals surface area (Å²) in [7, 11) is -0.729. The van der Waals surface area contributed by atoms with Crippen LogP contribution in [0.4, 0.5) is 5.82 Å². The van der Waals surface area contributed by atoms with Crippen LogP contribution in [-0.4, -0.2) is 76.7 Å². The molecule has 0 spiro atoms. The van der Waals surface area contributed by atoms with Crippen molar-refractivity contribution < 1.29 is 34.6 Å². The highest BCUT2D eigenvalue weighted by Crippen LogP contribution is 2.35. The Hall–Kier alpha value is -1.70. The number of aliphatic hydroxyl groups is 3. The summed E-state index contributed by atoms with van der Waals surface area (Å²) >= 11 is 0. The molecule has 0 amide bonds. The average Bonchev–Trinajstić information content (AvgIpc) is 3.06. The molecular formula is C11H19N6O7P. The topological polar surface area (TPSA) is 215 Å². The van der Waals surface area contributed by atoms with Crippen LogP contribution >= 0.6 is 8.53 Å². The second kappa shape index (κ2) is 8.12. The number of ether oxygens (including phenoxy) is 2. The quantitative estimate of drug-likeness (QED) is 0.269. The third-order valence-electron chi connectivity index (χ3n) is 3.43. The number of methoxy groups -OCH3 is 1. The van der Waals surface area contributed by atoms with Crippen molar-refractivity contribution in [3.8, 4) is 6.01 Å². The average molecular weight is 378 g/mol. The molecule has 2 aromatic heterocycles. The van der Waals surface area contributed by atoms with Crippen LogP contribution in [0.25, 0.3) is 11.2 Å². The van der Waals surface area contributed by atoms with Crippen LogP contribution in [0.2, 0.25) is 0 Å². The first-order valence-corrected chi connectivity index (χ1v) is 8.20. The normalized spacial score (nSPS) is 25.9. The van der Waals surface area contributed by atoms with E-state index in [0.717, 1.165) is 0 Å². The van der Waals surface area contributed by atoms with Crippen molar-refractivity contribution >= 4 is 25.5 Å². The maximum absolute atomic E-state index is 10.1. The maximum atomic E-state index is 10.1. The van der Waals surface area contributed by atoms with E-state index in [0.29, 0.717) is 11.2 Å². The number of hydrogen-bond acceptors (Lipinski definition) is 12. The summed E-state index contributed by atoms with van der Waals surface area (Å²) in [5.41, 5.74) is 10.6. The molecule has 0 saturated carbocycles. The summed E-state index contributed by atoms with van der Waals surface area (Å²) in [5.74, 6) is 0.156. The lowest BCUT2D eigenvalue weighted by atomic mass is 10.1. The molecular weight excluding hydrogens is 359 g/mol. The van der Waals surface area contributed by atoms with Gasteiger partial charge in [-0.1, -0.05) is 0 Å². The van der Waals surface area contributed by atoms with Crippen molar-refractivity contribution in [1.82, 2.24) is 19.5 Å². The summed E-state index contributed by atoms with van der Waals surface area (Å²) in [6.07, 6.45) is -3.18. The number of aromatic nitrogens is 4. The van der Waals surface area contributed by atoms with Gasteiger partial charge in [0.05, 0.1) is 13.7 Å². The molecule has 1 fully saturated rings. The van der Waals surface area contributed by atoms with E-state index in [2.05, 4.69) is 20.5 Å². The summed E-state index contributed by atoms with van der Waals surface area (Å²) in [5, 5.41) is 29.1. The maximum Gasteiger partial charge on any atom is 0.300 e. The molecule has 14 heteroatoms. The molecule has 3 rings (SSSR count). The first kappa shape index (κ1) is 19.6. The van der Waals surface area contributed by atoms with E-state index in [1.807, 2.05) is 0 Å². The molecule has 1 aliphatic heterocycles. The number of rotatable bonds is 3. The smallest absolute Gasteiger partial charge is 0.300 e. The Morgan fingerprint density at radius 2 is 1.96 bits per heavy atom. The fraction of sp³-hybridized carbons (Fsp3) is 0.545. The zero-order valence-electron chi connectivity index (χ0n) is 13.0. The molecule has 0 radical (unpaired) electrons. The Kier molecular flexibility index (Phi) is 6.37. The lowest BCUT2D eigenvalue weighted by Crippen LogP contribution is -2.33. The number of hydrogen-bond donors (Lipinski definition) is 7. The van der Waals surface area contributed by atoms with Gasteiger partial charge in [-0.05, 0) is 0 Å². The van der Waals surface area contributed by atoms with Crippen LogP contribution in [0.5, 0.6) is 6.01 Å². The third-order valence-corrected chi connectivity index (χ3v) is 3.43. The molecule has 1 saturated heterocycles. The standard InChI is InChI=1S/C11H15N5O5.H4NO2P/c1-20-11-15-5-8(12)13-3-14-9(5)16(11)10-7(19)6(18)4(2-17)21-10;1-4(2)3/h3-4,6-7,10,17-19H,2H2,1H3,(H2,12,13,14);2-3H,1H2/t4-,6-,7-,10-;/m1./s1. The highest BCUT2D eigenvalue weighted by atomic mass is 31.2. The van der Waals surface area contributed by atoms with E-state index in [1.165, 1.54) is 18.0 Å². The molecule has 0 aromatic carbocycles. The molecule has 1 aliphatic rings. The number of nitrogens with two attached hydrogens (primary N) is 2. The molecule has 0 bridgehead atoms. The monoisotopic (exact) mass is 378 g/mol. The Labute approximate surface area is 142 Å². The molecule has 0 aliphatic carbocycles. The van der Waals surface area contributed by atoms with Crippen molar-refractivity contribution in [3.63, 3.8) is 0 Å². The van der Waals surface area contributed by atoms with Crippen LogP contribution in [0.3, 0.4) is 0 Å². The van der Waals surface area contributed by atoms with Crippen molar-refractivity contribution in [3.05, 3.63) is 6.33 Å². The minimum atomic E-state index is -2.12. The lowest BCUT2D eigenvalue weighted by Gasteiger charge is -2.18. The molecule has 0 unspecified atom stereocenters. The highest BCUT2D eigenvalue weighted by Gasteiger charge is 2.45.